The van der Waals surface area contributed by atoms with E-state index in [1.165, 1.54) is 23.7 Å². The molecule has 2 fully saturated rings. The van der Waals surface area contributed by atoms with Crippen LogP contribution in [0.4, 0.5) is 4.39 Å². The Labute approximate surface area is 178 Å². The molecule has 2 aromatic heterocycles. The lowest BCUT2D eigenvalue weighted by molar-refractivity contribution is 0.202. The van der Waals surface area contributed by atoms with Gasteiger partial charge in [-0.05, 0) is 56.8 Å². The van der Waals surface area contributed by atoms with Gasteiger partial charge in [0, 0.05) is 24.6 Å². The van der Waals surface area contributed by atoms with E-state index in [4.69, 9.17) is 4.42 Å². The fourth-order valence-electron chi connectivity index (χ4n) is 4.96. The first-order valence-electron chi connectivity index (χ1n) is 10.9. The van der Waals surface area contributed by atoms with Gasteiger partial charge in [-0.1, -0.05) is 12.1 Å². The Morgan fingerprint density at radius 1 is 1.13 bits per heavy atom. The lowest BCUT2D eigenvalue weighted by Gasteiger charge is -2.33. The molecule has 2 aromatic carbocycles. The van der Waals surface area contributed by atoms with Crippen molar-refractivity contribution in [1.29, 1.82) is 0 Å². The zero-order chi connectivity index (χ0) is 21.1. The fourth-order valence-corrected chi connectivity index (χ4v) is 4.96. The third kappa shape index (κ3) is 3.07. The molecule has 2 aliphatic rings. The van der Waals surface area contributed by atoms with Gasteiger partial charge >= 0.3 is 0 Å². The molecule has 3 heterocycles. The lowest BCUT2D eigenvalue weighted by Crippen LogP contribution is -2.35. The largest absolute Gasteiger partial charge is 0.441 e. The van der Waals surface area contributed by atoms with Crippen LogP contribution < -0.4 is 5.56 Å². The lowest BCUT2D eigenvalue weighted by atomic mass is 9.87. The number of rotatable bonds is 3. The number of halogens is 1. The van der Waals surface area contributed by atoms with Crippen LogP contribution in [0, 0.1) is 12.7 Å². The first-order valence-corrected chi connectivity index (χ1v) is 10.9. The number of hydrogen-bond acceptors (Lipinski definition) is 5. The van der Waals surface area contributed by atoms with Crippen LogP contribution in [-0.2, 0) is 0 Å². The summed E-state index contributed by atoms with van der Waals surface area (Å²) in [5, 5.41) is 0.508. The second kappa shape index (κ2) is 6.99. The van der Waals surface area contributed by atoms with Crippen molar-refractivity contribution in [1.82, 2.24) is 19.4 Å². The molecule has 0 amide bonds. The fraction of sp³-hybridized carbons (Fsp3) is 0.375. The van der Waals surface area contributed by atoms with E-state index in [-0.39, 0.29) is 22.8 Å². The van der Waals surface area contributed by atoms with Gasteiger partial charge in [-0.2, -0.15) is 0 Å². The number of para-hydroxylation sites is 1. The third-order valence-corrected chi connectivity index (χ3v) is 6.67. The highest BCUT2D eigenvalue weighted by atomic mass is 19.1. The van der Waals surface area contributed by atoms with E-state index in [0.717, 1.165) is 25.9 Å². The summed E-state index contributed by atoms with van der Waals surface area (Å²) in [7, 11) is 0. The zero-order valence-electron chi connectivity index (χ0n) is 17.3. The van der Waals surface area contributed by atoms with Crippen LogP contribution in [0.5, 0.6) is 0 Å². The summed E-state index contributed by atoms with van der Waals surface area (Å²) in [6.45, 7) is 3.61. The number of fused-ring (bicyclic) bond motifs is 2. The molecule has 6 nitrogen and oxygen atoms in total. The molecule has 4 aromatic rings. The quantitative estimate of drug-likeness (QED) is 0.496. The number of oxazole rings is 1. The Balaban J connectivity index is 1.54. The van der Waals surface area contributed by atoms with Crippen molar-refractivity contribution >= 4 is 22.0 Å². The molecular formula is C24H23FN4O2. The van der Waals surface area contributed by atoms with Gasteiger partial charge in [-0.25, -0.2) is 14.4 Å². The second-order valence-electron chi connectivity index (χ2n) is 8.68. The smallest absolute Gasteiger partial charge is 0.265 e. The van der Waals surface area contributed by atoms with E-state index in [2.05, 4.69) is 14.9 Å². The van der Waals surface area contributed by atoms with E-state index in [1.807, 2.05) is 12.1 Å². The van der Waals surface area contributed by atoms with Crippen LogP contribution in [0.1, 0.15) is 43.1 Å². The summed E-state index contributed by atoms with van der Waals surface area (Å²) >= 11 is 0. The normalized spacial score (nSPS) is 18.3. The average Bonchev–Trinajstić information content (AvgIpc) is 3.56. The van der Waals surface area contributed by atoms with Crippen LogP contribution in [0.25, 0.3) is 27.7 Å². The minimum atomic E-state index is -0.380. The van der Waals surface area contributed by atoms with Gasteiger partial charge in [0.1, 0.15) is 11.8 Å². The Morgan fingerprint density at radius 2 is 1.90 bits per heavy atom. The molecule has 31 heavy (non-hydrogen) atoms. The molecule has 0 spiro atoms. The van der Waals surface area contributed by atoms with Gasteiger partial charge in [0.15, 0.2) is 17.3 Å². The van der Waals surface area contributed by atoms with Crippen molar-refractivity contribution in [2.24, 2.45) is 0 Å². The summed E-state index contributed by atoms with van der Waals surface area (Å²) in [5.74, 6) is 0.0450. The second-order valence-corrected chi connectivity index (χ2v) is 8.68. The molecular weight excluding hydrogens is 395 g/mol. The number of piperidine rings is 1. The molecule has 158 valence electrons. The van der Waals surface area contributed by atoms with Crippen molar-refractivity contribution in [3.63, 3.8) is 0 Å². The Hall–Kier alpha value is -3.06. The third-order valence-electron chi connectivity index (χ3n) is 6.67. The number of aromatic nitrogens is 3. The topological polar surface area (TPSA) is 64.2 Å². The number of aryl methyl sites for hydroxylation is 1. The van der Waals surface area contributed by atoms with Crippen molar-refractivity contribution < 1.29 is 8.81 Å². The number of nitrogens with zero attached hydrogens (tertiary/aromatic N) is 4. The van der Waals surface area contributed by atoms with Crippen LogP contribution in [0.3, 0.4) is 0 Å². The van der Waals surface area contributed by atoms with E-state index in [0.29, 0.717) is 39.7 Å². The van der Waals surface area contributed by atoms with E-state index in [9.17, 15) is 4.79 Å². The van der Waals surface area contributed by atoms with Crippen LogP contribution in [0.15, 0.2) is 45.9 Å². The number of likely N-dealkylation sites (tertiary alicyclic amines) is 1. The van der Waals surface area contributed by atoms with Gasteiger partial charge in [0.25, 0.3) is 5.56 Å². The number of benzene rings is 2. The highest BCUT2D eigenvalue weighted by molar-refractivity contribution is 5.80. The Morgan fingerprint density at radius 3 is 2.68 bits per heavy atom. The molecule has 1 aliphatic carbocycles. The van der Waals surface area contributed by atoms with Gasteiger partial charge in [-0.15, -0.1) is 0 Å². The molecule has 1 saturated carbocycles. The summed E-state index contributed by atoms with van der Waals surface area (Å²) < 4.78 is 23.0. The van der Waals surface area contributed by atoms with Crippen LogP contribution in [-0.4, -0.2) is 38.6 Å². The molecule has 1 aliphatic heterocycles. The van der Waals surface area contributed by atoms with Gasteiger partial charge in [0.05, 0.1) is 16.6 Å². The predicted octanol–water partition coefficient (Wildman–Crippen LogP) is 4.32. The number of hydrogen-bond donors (Lipinski definition) is 0. The molecule has 0 bridgehead atoms. The summed E-state index contributed by atoms with van der Waals surface area (Å²) in [4.78, 5) is 24.5. The molecule has 0 N–H and O–H groups in total. The first-order chi connectivity index (χ1) is 15.1. The molecule has 0 unspecified atom stereocenters. The highest BCUT2D eigenvalue weighted by Crippen LogP contribution is 2.39. The van der Waals surface area contributed by atoms with Crippen molar-refractivity contribution in [2.45, 2.75) is 44.6 Å². The monoisotopic (exact) mass is 418 g/mol. The van der Waals surface area contributed by atoms with Crippen LogP contribution in [0.2, 0.25) is 0 Å². The molecule has 6 rings (SSSR count). The maximum atomic E-state index is 15.9. The summed E-state index contributed by atoms with van der Waals surface area (Å²) in [5.41, 5.74) is 2.06. The zero-order valence-corrected chi connectivity index (χ0v) is 17.3. The maximum Gasteiger partial charge on any atom is 0.265 e. The van der Waals surface area contributed by atoms with Crippen molar-refractivity contribution in [2.75, 3.05) is 13.1 Å². The van der Waals surface area contributed by atoms with Gasteiger partial charge in [0.2, 0.25) is 0 Å². The van der Waals surface area contributed by atoms with Gasteiger partial charge in [-0.3, -0.25) is 9.36 Å². The maximum absolute atomic E-state index is 15.9. The average molecular weight is 418 g/mol. The van der Waals surface area contributed by atoms with Crippen molar-refractivity contribution in [3.05, 3.63) is 64.3 Å². The highest BCUT2D eigenvalue weighted by Gasteiger charge is 2.34. The van der Waals surface area contributed by atoms with Crippen LogP contribution >= 0.6 is 0 Å². The van der Waals surface area contributed by atoms with E-state index in [1.54, 1.807) is 25.1 Å². The minimum Gasteiger partial charge on any atom is -0.441 e. The molecule has 0 atom stereocenters. The Bertz CT molecular complexity index is 1360. The SMILES string of the molecule is Cc1nc2c(F)c(C3CCN(C4CC4)CC3)c(-n3cnc4ccccc4c3=O)cc2o1. The predicted molar refractivity (Wildman–Crippen MR) is 116 cm³/mol. The van der Waals surface area contributed by atoms with E-state index >= 15 is 4.39 Å². The molecule has 0 radical (unpaired) electrons. The standard InChI is InChI=1S/C24H23FN4O2/c1-14-27-23-20(31-14)12-19(29-13-26-18-5-3-2-4-17(18)24(29)30)21(22(23)25)15-8-10-28(11-9-15)16-6-7-16/h2-5,12-13,15-16H,6-11H2,1H3. The van der Waals surface area contributed by atoms with Gasteiger partial charge < -0.3 is 9.32 Å². The minimum absolute atomic E-state index is 0.0183. The summed E-state index contributed by atoms with van der Waals surface area (Å²) in [6, 6.07) is 9.67. The van der Waals surface area contributed by atoms with Crippen molar-refractivity contribution in [3.8, 4) is 5.69 Å². The molecule has 7 heteroatoms. The Kier molecular flexibility index (Phi) is 4.21. The first kappa shape index (κ1) is 18.7. The molecule has 1 saturated heterocycles. The summed E-state index contributed by atoms with van der Waals surface area (Å²) in [6.07, 6.45) is 5.76. The van der Waals surface area contributed by atoms with E-state index < -0.39 is 0 Å².